The van der Waals surface area contributed by atoms with E-state index in [1.165, 1.54) is 0 Å². The second-order valence-electron chi connectivity index (χ2n) is 5.85. The van der Waals surface area contributed by atoms with E-state index in [2.05, 4.69) is 9.97 Å². The van der Waals surface area contributed by atoms with E-state index in [1.54, 1.807) is 29.4 Å². The van der Waals surface area contributed by atoms with E-state index < -0.39 is 0 Å². The maximum atomic E-state index is 12.6. The first-order valence-electron chi connectivity index (χ1n) is 7.64. The number of pyridine rings is 1. The number of amides is 1. The van der Waals surface area contributed by atoms with Gasteiger partial charge in [0.05, 0.1) is 25.0 Å². The molecule has 1 aromatic carbocycles. The van der Waals surface area contributed by atoms with Gasteiger partial charge in [0.15, 0.2) is 0 Å². The van der Waals surface area contributed by atoms with Crippen molar-refractivity contribution in [2.45, 2.75) is 20.0 Å². The standard InChI is InChI=1S/C18H15ClN4O/c1-12-21-4-5-22(12)10-13-6-16(9-20-8-13)23-11-14-7-15(19)2-3-17(14)18(23)24/h2-9H,10-11H2,1H3. The van der Waals surface area contributed by atoms with Gasteiger partial charge in [-0.25, -0.2) is 4.98 Å². The summed E-state index contributed by atoms with van der Waals surface area (Å²) in [4.78, 5) is 22.9. The van der Waals surface area contributed by atoms with Crippen molar-refractivity contribution >= 4 is 23.2 Å². The Kier molecular flexibility index (Phi) is 3.58. The molecule has 1 amide bonds. The largest absolute Gasteiger partial charge is 0.331 e. The molecular weight excluding hydrogens is 324 g/mol. The molecule has 0 atom stereocenters. The zero-order chi connectivity index (χ0) is 16.7. The van der Waals surface area contributed by atoms with Crippen molar-refractivity contribution in [2.75, 3.05) is 4.90 Å². The van der Waals surface area contributed by atoms with Crippen molar-refractivity contribution in [1.29, 1.82) is 0 Å². The molecule has 0 saturated carbocycles. The summed E-state index contributed by atoms with van der Waals surface area (Å²) in [5.41, 5.74) is 3.47. The molecule has 0 unspecified atom stereocenters. The summed E-state index contributed by atoms with van der Waals surface area (Å²) in [6, 6.07) is 7.38. The molecule has 4 rings (SSSR count). The van der Waals surface area contributed by atoms with Crippen LogP contribution in [0, 0.1) is 6.92 Å². The van der Waals surface area contributed by atoms with Gasteiger partial charge >= 0.3 is 0 Å². The third-order valence-electron chi connectivity index (χ3n) is 4.24. The van der Waals surface area contributed by atoms with E-state index >= 15 is 0 Å². The third kappa shape index (κ3) is 2.57. The molecule has 0 saturated heterocycles. The van der Waals surface area contributed by atoms with Crippen LogP contribution in [0.1, 0.15) is 27.3 Å². The molecule has 0 bridgehead atoms. The first-order chi connectivity index (χ1) is 11.6. The van der Waals surface area contributed by atoms with Crippen LogP contribution < -0.4 is 4.90 Å². The number of hydrogen-bond donors (Lipinski definition) is 0. The normalized spacial score (nSPS) is 13.4. The van der Waals surface area contributed by atoms with Gasteiger partial charge in [0.2, 0.25) is 0 Å². The first-order valence-corrected chi connectivity index (χ1v) is 8.01. The highest BCUT2D eigenvalue weighted by molar-refractivity contribution is 6.31. The lowest BCUT2D eigenvalue weighted by molar-refractivity contribution is 0.0996. The maximum Gasteiger partial charge on any atom is 0.258 e. The lowest BCUT2D eigenvalue weighted by atomic mass is 10.1. The van der Waals surface area contributed by atoms with Crippen molar-refractivity contribution in [3.63, 3.8) is 0 Å². The molecule has 120 valence electrons. The number of carbonyl (C=O) groups excluding carboxylic acids is 1. The smallest absolute Gasteiger partial charge is 0.258 e. The summed E-state index contributed by atoms with van der Waals surface area (Å²) in [5, 5.41) is 0.644. The van der Waals surface area contributed by atoms with Gasteiger partial charge in [0.25, 0.3) is 5.91 Å². The minimum atomic E-state index is -0.0144. The van der Waals surface area contributed by atoms with Gasteiger partial charge < -0.3 is 9.47 Å². The topological polar surface area (TPSA) is 51.0 Å². The Bertz CT molecular complexity index is 934. The van der Waals surface area contributed by atoms with Gasteiger partial charge in [-0.05, 0) is 42.3 Å². The molecule has 0 N–H and O–H groups in total. The number of aryl methyl sites for hydroxylation is 1. The summed E-state index contributed by atoms with van der Waals surface area (Å²) >= 11 is 6.03. The van der Waals surface area contributed by atoms with Crippen molar-refractivity contribution in [3.05, 3.63) is 76.6 Å². The van der Waals surface area contributed by atoms with Crippen LogP contribution in [0.3, 0.4) is 0 Å². The van der Waals surface area contributed by atoms with E-state index in [-0.39, 0.29) is 5.91 Å². The zero-order valence-corrected chi connectivity index (χ0v) is 13.9. The Labute approximate surface area is 144 Å². The fraction of sp³-hybridized carbons (Fsp3) is 0.167. The Hall–Kier alpha value is -2.66. The first kappa shape index (κ1) is 14.9. The summed E-state index contributed by atoms with van der Waals surface area (Å²) in [6.45, 7) is 3.15. The molecule has 0 aliphatic carbocycles. The number of carbonyl (C=O) groups is 1. The van der Waals surface area contributed by atoms with Crippen molar-refractivity contribution in [2.24, 2.45) is 0 Å². The number of benzene rings is 1. The monoisotopic (exact) mass is 338 g/mol. The molecule has 24 heavy (non-hydrogen) atoms. The number of imidazole rings is 1. The van der Waals surface area contributed by atoms with E-state index in [0.717, 1.165) is 22.6 Å². The summed E-state index contributed by atoms with van der Waals surface area (Å²) in [5.74, 6) is 0.930. The minimum absolute atomic E-state index is 0.0144. The van der Waals surface area contributed by atoms with E-state index in [1.807, 2.05) is 36.0 Å². The number of aromatic nitrogens is 3. The van der Waals surface area contributed by atoms with E-state index in [9.17, 15) is 4.79 Å². The highest BCUT2D eigenvalue weighted by atomic mass is 35.5. The number of halogens is 1. The van der Waals surface area contributed by atoms with E-state index in [0.29, 0.717) is 23.7 Å². The van der Waals surface area contributed by atoms with Gasteiger partial charge in [-0.2, -0.15) is 0 Å². The average Bonchev–Trinajstić information content (AvgIpc) is 3.11. The summed E-state index contributed by atoms with van der Waals surface area (Å²) in [7, 11) is 0. The predicted octanol–water partition coefficient (Wildman–Crippen LogP) is 3.45. The molecule has 3 aromatic rings. The zero-order valence-electron chi connectivity index (χ0n) is 13.1. The SMILES string of the molecule is Cc1nccn1Cc1cncc(N2Cc3cc(Cl)ccc3C2=O)c1. The number of rotatable bonds is 3. The minimum Gasteiger partial charge on any atom is -0.331 e. The molecule has 6 heteroatoms. The van der Waals surface area contributed by atoms with Crippen molar-refractivity contribution in [1.82, 2.24) is 14.5 Å². The second kappa shape index (κ2) is 5.76. The Balaban J connectivity index is 1.63. The van der Waals surface area contributed by atoms with Crippen LogP contribution in [0.5, 0.6) is 0 Å². The maximum absolute atomic E-state index is 12.6. The van der Waals surface area contributed by atoms with Gasteiger partial charge in [-0.15, -0.1) is 0 Å². The van der Waals surface area contributed by atoms with Crippen LogP contribution in [0.15, 0.2) is 49.1 Å². The van der Waals surface area contributed by atoms with Crippen LogP contribution in [-0.4, -0.2) is 20.4 Å². The van der Waals surface area contributed by atoms with Crippen LogP contribution in [0.4, 0.5) is 5.69 Å². The fourth-order valence-electron chi connectivity index (χ4n) is 2.97. The van der Waals surface area contributed by atoms with E-state index in [4.69, 9.17) is 11.6 Å². The lowest BCUT2D eigenvalue weighted by Crippen LogP contribution is -2.23. The quantitative estimate of drug-likeness (QED) is 0.735. The molecule has 3 heterocycles. The number of nitrogens with zero attached hydrogens (tertiary/aromatic N) is 4. The van der Waals surface area contributed by atoms with Crippen LogP contribution in [-0.2, 0) is 13.1 Å². The molecule has 0 fully saturated rings. The van der Waals surface area contributed by atoms with Crippen LogP contribution in [0.2, 0.25) is 5.02 Å². The van der Waals surface area contributed by atoms with Gasteiger partial charge in [-0.3, -0.25) is 9.78 Å². The Morgan fingerprint density at radius 2 is 2.12 bits per heavy atom. The number of anilines is 1. The molecule has 2 aromatic heterocycles. The number of hydrogen-bond acceptors (Lipinski definition) is 3. The van der Waals surface area contributed by atoms with Gasteiger partial charge in [-0.1, -0.05) is 11.6 Å². The Morgan fingerprint density at radius 1 is 1.25 bits per heavy atom. The highest BCUT2D eigenvalue weighted by Gasteiger charge is 2.28. The van der Waals surface area contributed by atoms with Gasteiger partial charge in [0, 0.05) is 29.2 Å². The third-order valence-corrected chi connectivity index (χ3v) is 4.48. The molecule has 5 nitrogen and oxygen atoms in total. The fourth-order valence-corrected chi connectivity index (χ4v) is 3.17. The molecule has 0 spiro atoms. The van der Waals surface area contributed by atoms with Gasteiger partial charge in [0.1, 0.15) is 5.82 Å². The molecule has 0 radical (unpaired) electrons. The highest BCUT2D eigenvalue weighted by Crippen LogP contribution is 2.30. The van der Waals surface area contributed by atoms with Crippen LogP contribution in [0.25, 0.3) is 0 Å². The second-order valence-corrected chi connectivity index (χ2v) is 6.28. The molecule has 1 aliphatic rings. The summed E-state index contributed by atoms with van der Waals surface area (Å²) < 4.78 is 2.04. The van der Waals surface area contributed by atoms with Crippen LogP contribution >= 0.6 is 11.6 Å². The molecule has 1 aliphatic heterocycles. The summed E-state index contributed by atoms with van der Waals surface area (Å²) in [6.07, 6.45) is 7.24. The predicted molar refractivity (Wildman–Crippen MR) is 92.3 cm³/mol. The van der Waals surface area contributed by atoms with Crippen molar-refractivity contribution < 1.29 is 4.79 Å². The molecular formula is C18H15ClN4O. The lowest BCUT2D eigenvalue weighted by Gasteiger charge is -2.16. The Morgan fingerprint density at radius 3 is 2.92 bits per heavy atom. The number of fused-ring (bicyclic) bond motifs is 1. The average molecular weight is 339 g/mol. The van der Waals surface area contributed by atoms with Crippen molar-refractivity contribution in [3.8, 4) is 0 Å².